The Bertz CT molecular complexity index is 528. The summed E-state index contributed by atoms with van der Waals surface area (Å²) >= 11 is 0. The molecule has 0 fully saturated rings. The molecular formula is C11H11F3N4. The summed E-state index contributed by atoms with van der Waals surface area (Å²) in [6.07, 6.45) is -0.223. The van der Waals surface area contributed by atoms with Gasteiger partial charge in [0.05, 0.1) is 30.1 Å². The molecule has 2 aromatic heterocycles. The van der Waals surface area contributed by atoms with Crippen LogP contribution in [0.15, 0.2) is 30.9 Å². The molecule has 0 aromatic carbocycles. The normalized spacial score (nSPS) is 13.6. The number of rotatable bonds is 2. The molecule has 2 N–H and O–H groups in total. The van der Waals surface area contributed by atoms with Gasteiger partial charge in [0.2, 0.25) is 0 Å². The molecule has 0 unspecified atom stereocenters. The maximum atomic E-state index is 12.4. The molecule has 0 spiro atoms. The van der Waals surface area contributed by atoms with Crippen LogP contribution in [-0.4, -0.2) is 14.5 Å². The number of imidazole rings is 1. The van der Waals surface area contributed by atoms with Crippen LogP contribution in [-0.2, 0) is 6.18 Å². The fourth-order valence-electron chi connectivity index (χ4n) is 1.55. The number of nitrogens with two attached hydrogens (primary N) is 1. The fourth-order valence-corrected chi connectivity index (χ4v) is 1.55. The number of aromatic nitrogens is 3. The summed E-state index contributed by atoms with van der Waals surface area (Å²) in [4.78, 5) is 7.32. The number of halogens is 3. The van der Waals surface area contributed by atoms with Crippen LogP contribution < -0.4 is 5.73 Å². The second-order valence-corrected chi connectivity index (χ2v) is 3.88. The molecule has 18 heavy (non-hydrogen) atoms. The van der Waals surface area contributed by atoms with E-state index < -0.39 is 11.9 Å². The molecule has 2 heterocycles. The quantitative estimate of drug-likeness (QED) is 0.897. The lowest BCUT2D eigenvalue weighted by Crippen LogP contribution is -2.12. The highest BCUT2D eigenvalue weighted by Gasteiger charge is 2.32. The van der Waals surface area contributed by atoms with E-state index in [4.69, 9.17) is 5.73 Å². The summed E-state index contributed by atoms with van der Waals surface area (Å²) in [5.41, 5.74) is 6.01. The first kappa shape index (κ1) is 12.6. The van der Waals surface area contributed by atoms with Gasteiger partial charge in [0.1, 0.15) is 5.69 Å². The van der Waals surface area contributed by atoms with Gasteiger partial charge < -0.3 is 10.3 Å². The Kier molecular flexibility index (Phi) is 3.08. The zero-order valence-electron chi connectivity index (χ0n) is 9.52. The van der Waals surface area contributed by atoms with Gasteiger partial charge in [-0.2, -0.15) is 13.2 Å². The Morgan fingerprint density at radius 1 is 1.28 bits per heavy atom. The van der Waals surface area contributed by atoms with E-state index in [0.29, 0.717) is 11.4 Å². The lowest BCUT2D eigenvalue weighted by molar-refractivity contribution is -0.141. The van der Waals surface area contributed by atoms with Crippen molar-refractivity contribution < 1.29 is 13.2 Å². The van der Waals surface area contributed by atoms with Crippen LogP contribution >= 0.6 is 0 Å². The molecule has 0 bridgehead atoms. The highest BCUT2D eigenvalue weighted by molar-refractivity contribution is 5.33. The van der Waals surface area contributed by atoms with E-state index in [0.717, 1.165) is 12.3 Å². The average Bonchev–Trinajstić information content (AvgIpc) is 2.77. The molecule has 2 aromatic rings. The molecule has 4 nitrogen and oxygen atoms in total. The molecule has 0 aliphatic heterocycles. The Morgan fingerprint density at radius 3 is 2.50 bits per heavy atom. The maximum absolute atomic E-state index is 12.4. The molecule has 0 radical (unpaired) electrons. The second kappa shape index (κ2) is 4.41. The number of pyridine rings is 1. The molecule has 0 aliphatic carbocycles. The van der Waals surface area contributed by atoms with Crippen molar-refractivity contribution >= 4 is 0 Å². The van der Waals surface area contributed by atoms with Crippen molar-refractivity contribution in [3.05, 3.63) is 42.2 Å². The van der Waals surface area contributed by atoms with Crippen molar-refractivity contribution in [1.82, 2.24) is 14.5 Å². The predicted octanol–water partition coefficient (Wildman–Crippen LogP) is 2.31. The molecule has 96 valence electrons. The van der Waals surface area contributed by atoms with Crippen LogP contribution in [0.2, 0.25) is 0 Å². The smallest absolute Gasteiger partial charge is 0.323 e. The second-order valence-electron chi connectivity index (χ2n) is 3.88. The lowest BCUT2D eigenvalue weighted by Gasteiger charge is -2.11. The summed E-state index contributed by atoms with van der Waals surface area (Å²) < 4.78 is 38.7. The molecule has 0 saturated heterocycles. The van der Waals surface area contributed by atoms with Gasteiger partial charge in [-0.15, -0.1) is 0 Å². The van der Waals surface area contributed by atoms with E-state index in [1.807, 2.05) is 0 Å². The summed E-state index contributed by atoms with van der Waals surface area (Å²) in [6.45, 7) is 1.77. The third-order valence-corrected chi connectivity index (χ3v) is 2.45. The van der Waals surface area contributed by atoms with Gasteiger partial charge in [0.25, 0.3) is 0 Å². The molecule has 0 aliphatic rings. The van der Waals surface area contributed by atoms with E-state index in [9.17, 15) is 13.2 Å². The maximum Gasteiger partial charge on any atom is 0.433 e. The summed E-state index contributed by atoms with van der Waals surface area (Å²) in [5.74, 6) is 0. The topological polar surface area (TPSA) is 56.7 Å². The average molecular weight is 256 g/mol. The van der Waals surface area contributed by atoms with Gasteiger partial charge in [-0.1, -0.05) is 0 Å². The minimum Gasteiger partial charge on any atom is -0.323 e. The molecule has 0 saturated carbocycles. The SMILES string of the molecule is C[C@@H](N)c1cncn1-c1ccc(C(F)(F)F)nc1. The highest BCUT2D eigenvalue weighted by atomic mass is 19.4. The monoisotopic (exact) mass is 256 g/mol. The van der Waals surface area contributed by atoms with E-state index in [2.05, 4.69) is 9.97 Å². The van der Waals surface area contributed by atoms with Crippen LogP contribution in [0.3, 0.4) is 0 Å². The van der Waals surface area contributed by atoms with Crippen LogP contribution in [0.4, 0.5) is 13.2 Å². The third kappa shape index (κ3) is 2.35. The van der Waals surface area contributed by atoms with Crippen molar-refractivity contribution in [2.24, 2.45) is 5.73 Å². The largest absolute Gasteiger partial charge is 0.433 e. The van der Waals surface area contributed by atoms with E-state index in [-0.39, 0.29) is 6.04 Å². The van der Waals surface area contributed by atoms with Crippen molar-refractivity contribution in [1.29, 1.82) is 0 Å². The Morgan fingerprint density at radius 2 is 2.00 bits per heavy atom. The van der Waals surface area contributed by atoms with Gasteiger partial charge >= 0.3 is 6.18 Å². The van der Waals surface area contributed by atoms with Gasteiger partial charge in [-0.05, 0) is 19.1 Å². The first-order chi connectivity index (χ1) is 8.39. The molecule has 0 amide bonds. The van der Waals surface area contributed by atoms with Crippen LogP contribution in [0, 0.1) is 0 Å². The number of hydrogen-bond acceptors (Lipinski definition) is 3. The molecule has 1 atom stereocenters. The van der Waals surface area contributed by atoms with Crippen LogP contribution in [0.5, 0.6) is 0 Å². The third-order valence-electron chi connectivity index (χ3n) is 2.45. The Balaban J connectivity index is 2.38. The number of nitrogens with zero attached hydrogens (tertiary/aromatic N) is 3. The van der Waals surface area contributed by atoms with Crippen molar-refractivity contribution in [2.45, 2.75) is 19.1 Å². The van der Waals surface area contributed by atoms with Gasteiger partial charge in [0, 0.05) is 6.04 Å². The Hall–Kier alpha value is -1.89. The first-order valence-corrected chi connectivity index (χ1v) is 5.21. The minimum absolute atomic E-state index is 0.269. The van der Waals surface area contributed by atoms with E-state index >= 15 is 0 Å². The van der Waals surface area contributed by atoms with Crippen LogP contribution in [0.1, 0.15) is 24.4 Å². The van der Waals surface area contributed by atoms with Crippen LogP contribution in [0.25, 0.3) is 5.69 Å². The molecule has 7 heteroatoms. The zero-order chi connectivity index (χ0) is 13.3. The van der Waals surface area contributed by atoms with E-state index in [1.54, 1.807) is 17.7 Å². The number of hydrogen-bond donors (Lipinski definition) is 1. The van der Waals surface area contributed by atoms with Crippen molar-refractivity contribution in [2.75, 3.05) is 0 Å². The van der Waals surface area contributed by atoms with Crippen molar-refractivity contribution in [3.8, 4) is 5.69 Å². The van der Waals surface area contributed by atoms with E-state index in [1.165, 1.54) is 12.4 Å². The zero-order valence-corrected chi connectivity index (χ0v) is 9.52. The standard InChI is InChI=1S/C11H11F3N4/c1-7(15)9-5-16-6-18(9)8-2-3-10(17-4-8)11(12,13)14/h2-7H,15H2,1H3/t7-/m1/s1. The minimum atomic E-state index is -4.43. The van der Waals surface area contributed by atoms with Gasteiger partial charge in [-0.25, -0.2) is 9.97 Å². The summed E-state index contributed by atoms with van der Waals surface area (Å²) in [5, 5.41) is 0. The Labute approximate surface area is 101 Å². The van der Waals surface area contributed by atoms with Gasteiger partial charge in [0.15, 0.2) is 0 Å². The lowest BCUT2D eigenvalue weighted by atomic mass is 10.2. The van der Waals surface area contributed by atoms with Crippen molar-refractivity contribution in [3.63, 3.8) is 0 Å². The predicted molar refractivity (Wildman–Crippen MR) is 59.0 cm³/mol. The molecular weight excluding hydrogens is 245 g/mol. The summed E-state index contributed by atoms with van der Waals surface area (Å²) in [6, 6.07) is 2.00. The van der Waals surface area contributed by atoms with Gasteiger partial charge in [-0.3, -0.25) is 0 Å². The highest BCUT2D eigenvalue weighted by Crippen LogP contribution is 2.27. The molecule has 2 rings (SSSR count). The number of alkyl halides is 3. The summed E-state index contributed by atoms with van der Waals surface area (Å²) in [7, 11) is 0. The fraction of sp³-hybridized carbons (Fsp3) is 0.273. The first-order valence-electron chi connectivity index (χ1n) is 5.21.